The maximum atomic E-state index is 12.1. The van der Waals surface area contributed by atoms with Crippen LogP contribution in [0.3, 0.4) is 0 Å². The normalized spacial score (nSPS) is 15.6. The molecule has 0 aliphatic heterocycles. The van der Waals surface area contributed by atoms with Crippen molar-refractivity contribution in [1.29, 1.82) is 0 Å². The van der Waals surface area contributed by atoms with Crippen molar-refractivity contribution >= 4 is 11.9 Å². The molecular formula is C15H21NO3. The molecule has 0 heterocycles. The molecule has 4 heteroatoms. The lowest BCUT2D eigenvalue weighted by Gasteiger charge is -2.29. The molecule has 0 aromatic heterocycles. The minimum absolute atomic E-state index is 0.161. The molecular weight excluding hydrogens is 242 g/mol. The van der Waals surface area contributed by atoms with Gasteiger partial charge in [0.25, 0.3) is 0 Å². The SMILES string of the molecule is CC(C)C(C)C(=O)NC(C)(C(=O)O)c1ccccc1. The van der Waals surface area contributed by atoms with Gasteiger partial charge >= 0.3 is 5.97 Å². The van der Waals surface area contributed by atoms with Crippen LogP contribution in [0.4, 0.5) is 0 Å². The first-order valence-corrected chi connectivity index (χ1v) is 6.40. The van der Waals surface area contributed by atoms with Gasteiger partial charge in [0.15, 0.2) is 5.54 Å². The summed E-state index contributed by atoms with van der Waals surface area (Å²) in [6, 6.07) is 8.73. The maximum absolute atomic E-state index is 12.1. The molecule has 0 radical (unpaired) electrons. The van der Waals surface area contributed by atoms with E-state index in [0.717, 1.165) is 0 Å². The lowest BCUT2D eigenvalue weighted by Crippen LogP contribution is -2.51. The standard InChI is InChI=1S/C15H21NO3/c1-10(2)11(3)13(17)16-15(4,14(18)19)12-8-6-5-7-9-12/h5-11H,1-4H3,(H,16,17)(H,18,19). The van der Waals surface area contributed by atoms with Gasteiger partial charge in [0.2, 0.25) is 5.91 Å². The van der Waals surface area contributed by atoms with Crippen LogP contribution in [0.15, 0.2) is 30.3 Å². The maximum Gasteiger partial charge on any atom is 0.333 e. The van der Waals surface area contributed by atoms with Crippen LogP contribution in [0.5, 0.6) is 0 Å². The van der Waals surface area contributed by atoms with Crippen molar-refractivity contribution in [3.63, 3.8) is 0 Å². The number of carboxylic acids is 1. The summed E-state index contributed by atoms with van der Waals surface area (Å²) in [6.07, 6.45) is 0. The van der Waals surface area contributed by atoms with Crippen LogP contribution in [-0.2, 0) is 15.1 Å². The fourth-order valence-corrected chi connectivity index (χ4v) is 1.68. The van der Waals surface area contributed by atoms with E-state index >= 15 is 0 Å². The second-order valence-electron chi connectivity index (χ2n) is 5.32. The summed E-state index contributed by atoms with van der Waals surface area (Å²) in [5, 5.41) is 12.1. The number of carboxylic acid groups (broad SMARTS) is 1. The molecule has 2 unspecified atom stereocenters. The fraction of sp³-hybridized carbons (Fsp3) is 0.467. The van der Waals surface area contributed by atoms with Crippen LogP contribution in [0, 0.1) is 11.8 Å². The van der Waals surface area contributed by atoms with Gasteiger partial charge < -0.3 is 10.4 Å². The molecule has 0 saturated carbocycles. The molecule has 1 aromatic rings. The third-order valence-corrected chi connectivity index (χ3v) is 3.57. The molecule has 19 heavy (non-hydrogen) atoms. The predicted molar refractivity (Wildman–Crippen MR) is 73.6 cm³/mol. The van der Waals surface area contributed by atoms with E-state index in [-0.39, 0.29) is 17.7 Å². The first-order chi connectivity index (χ1) is 8.79. The van der Waals surface area contributed by atoms with Crippen LogP contribution in [0.2, 0.25) is 0 Å². The van der Waals surface area contributed by atoms with E-state index in [1.54, 1.807) is 31.2 Å². The average Bonchev–Trinajstić information content (AvgIpc) is 2.38. The van der Waals surface area contributed by atoms with Crippen LogP contribution in [-0.4, -0.2) is 17.0 Å². The molecule has 0 aliphatic carbocycles. The highest BCUT2D eigenvalue weighted by atomic mass is 16.4. The van der Waals surface area contributed by atoms with E-state index in [4.69, 9.17) is 0 Å². The molecule has 0 spiro atoms. The first-order valence-electron chi connectivity index (χ1n) is 6.40. The number of nitrogens with one attached hydrogen (secondary N) is 1. The van der Waals surface area contributed by atoms with E-state index in [9.17, 15) is 14.7 Å². The first kappa shape index (κ1) is 15.2. The van der Waals surface area contributed by atoms with E-state index in [1.165, 1.54) is 6.92 Å². The van der Waals surface area contributed by atoms with Gasteiger partial charge in [0.1, 0.15) is 0 Å². The van der Waals surface area contributed by atoms with E-state index in [2.05, 4.69) is 5.32 Å². The Kier molecular flexibility index (Phi) is 4.70. The minimum Gasteiger partial charge on any atom is -0.479 e. The van der Waals surface area contributed by atoms with Crippen molar-refractivity contribution in [3.05, 3.63) is 35.9 Å². The Balaban J connectivity index is 3.03. The number of rotatable bonds is 5. The summed E-state index contributed by atoms with van der Waals surface area (Å²) in [5.41, 5.74) is -0.839. The van der Waals surface area contributed by atoms with E-state index in [0.29, 0.717) is 5.56 Å². The fourth-order valence-electron chi connectivity index (χ4n) is 1.68. The van der Waals surface area contributed by atoms with Gasteiger partial charge in [-0.25, -0.2) is 4.79 Å². The Hall–Kier alpha value is -1.84. The number of benzene rings is 1. The predicted octanol–water partition coefficient (Wildman–Crippen LogP) is 2.39. The third kappa shape index (κ3) is 3.34. The zero-order chi connectivity index (χ0) is 14.6. The Bertz CT molecular complexity index is 456. The average molecular weight is 263 g/mol. The molecule has 2 atom stereocenters. The summed E-state index contributed by atoms with van der Waals surface area (Å²) in [4.78, 5) is 23.6. The molecule has 1 aromatic carbocycles. The Morgan fingerprint density at radius 1 is 1.16 bits per heavy atom. The second-order valence-corrected chi connectivity index (χ2v) is 5.32. The van der Waals surface area contributed by atoms with Crippen molar-refractivity contribution in [2.75, 3.05) is 0 Å². The summed E-state index contributed by atoms with van der Waals surface area (Å²) >= 11 is 0. The van der Waals surface area contributed by atoms with Crippen molar-refractivity contribution in [2.24, 2.45) is 11.8 Å². The van der Waals surface area contributed by atoms with Crippen LogP contribution in [0.1, 0.15) is 33.3 Å². The smallest absolute Gasteiger partial charge is 0.333 e. The second kappa shape index (κ2) is 5.87. The van der Waals surface area contributed by atoms with Crippen LogP contribution >= 0.6 is 0 Å². The summed E-state index contributed by atoms with van der Waals surface area (Å²) in [7, 11) is 0. The zero-order valence-electron chi connectivity index (χ0n) is 11.8. The lowest BCUT2D eigenvalue weighted by molar-refractivity contribution is -0.148. The monoisotopic (exact) mass is 263 g/mol. The minimum atomic E-state index is -1.40. The van der Waals surface area contributed by atoms with Gasteiger partial charge in [-0.3, -0.25) is 4.79 Å². The zero-order valence-corrected chi connectivity index (χ0v) is 11.8. The number of hydrogen-bond donors (Lipinski definition) is 2. The van der Waals surface area contributed by atoms with Crippen LogP contribution in [0.25, 0.3) is 0 Å². The van der Waals surface area contributed by atoms with E-state index in [1.807, 2.05) is 19.9 Å². The molecule has 1 amide bonds. The van der Waals surface area contributed by atoms with Gasteiger partial charge in [-0.15, -0.1) is 0 Å². The highest BCUT2D eigenvalue weighted by Gasteiger charge is 2.37. The molecule has 1 rings (SSSR count). The van der Waals surface area contributed by atoms with Gasteiger partial charge in [-0.1, -0.05) is 51.1 Å². The highest BCUT2D eigenvalue weighted by Crippen LogP contribution is 2.22. The van der Waals surface area contributed by atoms with Gasteiger partial charge in [0.05, 0.1) is 0 Å². The highest BCUT2D eigenvalue weighted by molar-refractivity contribution is 5.88. The quantitative estimate of drug-likeness (QED) is 0.857. The Labute approximate surface area is 113 Å². The number of aliphatic carboxylic acids is 1. The van der Waals surface area contributed by atoms with Crippen molar-refractivity contribution < 1.29 is 14.7 Å². The summed E-state index contributed by atoms with van der Waals surface area (Å²) < 4.78 is 0. The number of carbonyl (C=O) groups excluding carboxylic acids is 1. The van der Waals surface area contributed by atoms with Crippen molar-refractivity contribution in [2.45, 2.75) is 33.2 Å². The topological polar surface area (TPSA) is 66.4 Å². The van der Waals surface area contributed by atoms with Crippen molar-refractivity contribution in [1.82, 2.24) is 5.32 Å². The molecule has 104 valence electrons. The number of hydrogen-bond acceptors (Lipinski definition) is 2. The lowest BCUT2D eigenvalue weighted by atomic mass is 9.89. The largest absolute Gasteiger partial charge is 0.479 e. The Morgan fingerprint density at radius 2 is 1.68 bits per heavy atom. The molecule has 4 nitrogen and oxygen atoms in total. The van der Waals surface area contributed by atoms with Gasteiger partial charge in [0, 0.05) is 5.92 Å². The summed E-state index contributed by atoms with van der Waals surface area (Å²) in [6.45, 7) is 7.18. The third-order valence-electron chi connectivity index (χ3n) is 3.57. The molecule has 0 aliphatic rings. The van der Waals surface area contributed by atoms with Gasteiger partial charge in [-0.2, -0.15) is 0 Å². The number of carbonyl (C=O) groups is 2. The number of amides is 1. The molecule has 0 bridgehead atoms. The van der Waals surface area contributed by atoms with E-state index < -0.39 is 11.5 Å². The van der Waals surface area contributed by atoms with Gasteiger partial charge in [-0.05, 0) is 18.4 Å². The van der Waals surface area contributed by atoms with Crippen molar-refractivity contribution in [3.8, 4) is 0 Å². The summed E-state index contributed by atoms with van der Waals surface area (Å²) in [5.74, 6) is -1.39. The molecule has 2 N–H and O–H groups in total. The van der Waals surface area contributed by atoms with Crippen LogP contribution < -0.4 is 5.32 Å². The molecule has 0 saturated heterocycles. The molecule has 0 fully saturated rings. The Morgan fingerprint density at radius 3 is 2.11 bits per heavy atom.